The summed E-state index contributed by atoms with van der Waals surface area (Å²) in [5, 5.41) is 1.86. The zero-order chi connectivity index (χ0) is 25.6. The van der Waals surface area contributed by atoms with Crippen molar-refractivity contribution < 1.29 is 9.59 Å². The van der Waals surface area contributed by atoms with Crippen LogP contribution in [0.25, 0.3) is 22.8 Å². The number of benzene rings is 1. The molecule has 3 heterocycles. The first-order chi connectivity index (χ1) is 16.6. The van der Waals surface area contributed by atoms with E-state index in [4.69, 9.17) is 23.8 Å². The SMILES string of the molecule is C=CCN1C(=O)C(=Cc2c(Cl)c3c(=O)n(C)c(=O)n(C)c3n(-c3ccccc3)c2=O)C(=O)NC1=S. The zero-order valence-electron chi connectivity index (χ0n) is 18.6. The van der Waals surface area contributed by atoms with Crippen molar-refractivity contribution in [2.45, 2.75) is 0 Å². The van der Waals surface area contributed by atoms with E-state index in [1.165, 1.54) is 20.2 Å². The number of aryl methyl sites for hydroxylation is 1. The van der Waals surface area contributed by atoms with Gasteiger partial charge in [-0.25, -0.2) is 4.79 Å². The fraction of sp³-hybridized carbons (Fsp3) is 0.130. The van der Waals surface area contributed by atoms with Gasteiger partial charge in [-0.05, 0) is 30.4 Å². The Bertz CT molecular complexity index is 1670. The van der Waals surface area contributed by atoms with Gasteiger partial charge in [-0.2, -0.15) is 0 Å². The lowest BCUT2D eigenvalue weighted by atomic mass is 10.1. The summed E-state index contributed by atoms with van der Waals surface area (Å²) in [4.78, 5) is 66.2. The maximum Gasteiger partial charge on any atom is 0.332 e. The molecule has 4 rings (SSSR count). The maximum absolute atomic E-state index is 13.7. The third-order valence-electron chi connectivity index (χ3n) is 5.54. The average molecular weight is 512 g/mol. The van der Waals surface area contributed by atoms with Crippen LogP contribution in [0, 0.1) is 0 Å². The molecule has 12 heteroatoms. The van der Waals surface area contributed by atoms with Gasteiger partial charge in [0.2, 0.25) is 0 Å². The van der Waals surface area contributed by atoms with Gasteiger partial charge in [-0.3, -0.25) is 43.1 Å². The number of nitrogens with one attached hydrogen (secondary N) is 1. The van der Waals surface area contributed by atoms with Crippen molar-refractivity contribution in [1.29, 1.82) is 0 Å². The van der Waals surface area contributed by atoms with Crippen LogP contribution < -0.4 is 22.1 Å². The van der Waals surface area contributed by atoms with Crippen molar-refractivity contribution in [3.05, 3.63) is 90.3 Å². The number of hydrogen-bond acceptors (Lipinski definition) is 6. The van der Waals surface area contributed by atoms with Crippen LogP contribution in [-0.4, -0.2) is 42.1 Å². The van der Waals surface area contributed by atoms with Crippen LogP contribution in [0.15, 0.2) is 62.9 Å². The highest BCUT2D eigenvalue weighted by Gasteiger charge is 2.33. The van der Waals surface area contributed by atoms with Gasteiger partial charge in [-0.1, -0.05) is 35.9 Å². The van der Waals surface area contributed by atoms with E-state index < -0.39 is 34.2 Å². The van der Waals surface area contributed by atoms with E-state index in [0.29, 0.717) is 5.69 Å². The lowest BCUT2D eigenvalue weighted by Gasteiger charge is -2.27. The number of rotatable bonds is 4. The molecule has 1 saturated heterocycles. The molecule has 35 heavy (non-hydrogen) atoms. The van der Waals surface area contributed by atoms with Crippen molar-refractivity contribution >= 4 is 57.9 Å². The van der Waals surface area contributed by atoms with E-state index in [1.54, 1.807) is 30.3 Å². The Labute approximate surface area is 208 Å². The molecule has 1 fully saturated rings. The normalized spacial score (nSPS) is 15.1. The second-order valence-electron chi connectivity index (χ2n) is 7.63. The number of halogens is 1. The number of aromatic nitrogens is 3. The number of fused-ring (bicyclic) bond motifs is 1. The summed E-state index contributed by atoms with van der Waals surface area (Å²) in [5.74, 6) is -1.58. The molecule has 2 amide bonds. The highest BCUT2D eigenvalue weighted by molar-refractivity contribution is 7.80. The highest BCUT2D eigenvalue weighted by Crippen LogP contribution is 2.26. The topological polar surface area (TPSA) is 115 Å². The second-order valence-corrected chi connectivity index (χ2v) is 8.39. The van der Waals surface area contributed by atoms with Crippen LogP contribution in [0.5, 0.6) is 0 Å². The fourth-order valence-electron chi connectivity index (χ4n) is 3.81. The van der Waals surface area contributed by atoms with Crippen molar-refractivity contribution in [1.82, 2.24) is 23.9 Å². The molecule has 10 nitrogen and oxygen atoms in total. The number of nitrogens with zero attached hydrogens (tertiary/aromatic N) is 4. The van der Waals surface area contributed by atoms with E-state index in [9.17, 15) is 24.0 Å². The van der Waals surface area contributed by atoms with Crippen molar-refractivity contribution in [3.8, 4) is 5.69 Å². The molecular formula is C23H18ClN5O5S. The summed E-state index contributed by atoms with van der Waals surface area (Å²) in [7, 11) is 2.69. The number of pyridine rings is 1. The molecule has 3 aromatic rings. The smallest absolute Gasteiger partial charge is 0.298 e. The lowest BCUT2D eigenvalue weighted by Crippen LogP contribution is -2.54. The van der Waals surface area contributed by atoms with E-state index in [2.05, 4.69) is 11.9 Å². The number of carbonyl (C=O) groups excluding carboxylic acids is 2. The largest absolute Gasteiger partial charge is 0.332 e. The summed E-state index contributed by atoms with van der Waals surface area (Å²) in [6, 6.07) is 8.29. The van der Waals surface area contributed by atoms with E-state index in [1.807, 2.05) is 0 Å². The molecule has 1 aromatic carbocycles. The molecule has 1 N–H and O–H groups in total. The minimum atomic E-state index is -0.824. The minimum Gasteiger partial charge on any atom is -0.298 e. The van der Waals surface area contributed by atoms with Crippen molar-refractivity contribution in [2.24, 2.45) is 14.1 Å². The molecule has 1 aliphatic heterocycles. The Morgan fingerprint density at radius 3 is 2.31 bits per heavy atom. The molecule has 178 valence electrons. The molecule has 0 spiro atoms. The quantitative estimate of drug-likeness (QED) is 0.240. The van der Waals surface area contributed by atoms with Gasteiger partial charge in [0.05, 0.1) is 16.3 Å². The first kappa shape index (κ1) is 24.0. The van der Waals surface area contributed by atoms with Crippen LogP contribution in [0.3, 0.4) is 0 Å². The number of hydrogen-bond donors (Lipinski definition) is 1. The average Bonchev–Trinajstić information content (AvgIpc) is 2.83. The standard InChI is InChI=1S/C23H18ClN5O5S/c1-4-10-28-19(31)14(17(30)25-22(28)35)11-13-16(24)15-18(26(2)23(34)27(3)21(15)33)29(20(13)32)12-8-6-5-7-9-12/h4-9,11H,1,10H2,2-3H3,(H,25,30,35). The Morgan fingerprint density at radius 2 is 1.69 bits per heavy atom. The Morgan fingerprint density at radius 1 is 1.03 bits per heavy atom. The number of amides is 2. The monoisotopic (exact) mass is 511 g/mol. The predicted octanol–water partition coefficient (Wildman–Crippen LogP) is 0.854. The van der Waals surface area contributed by atoms with E-state index in [-0.39, 0.29) is 33.3 Å². The molecule has 0 bridgehead atoms. The fourth-order valence-corrected chi connectivity index (χ4v) is 4.36. The van der Waals surface area contributed by atoms with Crippen LogP contribution in [0.1, 0.15) is 5.56 Å². The van der Waals surface area contributed by atoms with Crippen LogP contribution in [-0.2, 0) is 23.7 Å². The lowest BCUT2D eigenvalue weighted by molar-refractivity contribution is -0.128. The molecule has 1 aliphatic rings. The molecule has 0 atom stereocenters. The van der Waals surface area contributed by atoms with E-state index in [0.717, 1.165) is 24.7 Å². The molecular weight excluding hydrogens is 494 g/mol. The Balaban J connectivity index is 2.16. The summed E-state index contributed by atoms with van der Waals surface area (Å²) in [6.07, 6.45) is 2.46. The minimum absolute atomic E-state index is 0.0254. The van der Waals surface area contributed by atoms with Gasteiger partial charge in [0.15, 0.2) is 5.11 Å². The third kappa shape index (κ3) is 3.74. The second kappa shape index (κ2) is 8.93. The van der Waals surface area contributed by atoms with Crippen LogP contribution in [0.2, 0.25) is 5.02 Å². The number of para-hydroxylation sites is 1. The van der Waals surface area contributed by atoms with Gasteiger partial charge >= 0.3 is 5.69 Å². The van der Waals surface area contributed by atoms with E-state index >= 15 is 0 Å². The molecule has 0 aliphatic carbocycles. The highest BCUT2D eigenvalue weighted by atomic mass is 35.5. The van der Waals surface area contributed by atoms with Crippen LogP contribution in [0.4, 0.5) is 0 Å². The van der Waals surface area contributed by atoms with Crippen LogP contribution >= 0.6 is 23.8 Å². The molecule has 0 radical (unpaired) electrons. The summed E-state index contributed by atoms with van der Waals surface area (Å²) in [5.41, 5.74) is -2.51. The molecule has 0 unspecified atom stereocenters. The molecule has 0 saturated carbocycles. The zero-order valence-corrected chi connectivity index (χ0v) is 20.1. The summed E-state index contributed by atoms with van der Waals surface area (Å²) in [6.45, 7) is 3.59. The van der Waals surface area contributed by atoms with Crippen molar-refractivity contribution in [2.75, 3.05) is 6.54 Å². The Hall–Kier alpha value is -4.09. The number of carbonyl (C=O) groups is 2. The van der Waals surface area contributed by atoms with Gasteiger partial charge < -0.3 is 0 Å². The van der Waals surface area contributed by atoms with Crippen molar-refractivity contribution in [3.63, 3.8) is 0 Å². The van der Waals surface area contributed by atoms with Gasteiger partial charge in [-0.15, -0.1) is 6.58 Å². The van der Waals surface area contributed by atoms with Gasteiger partial charge in [0, 0.05) is 20.6 Å². The van der Waals surface area contributed by atoms with Gasteiger partial charge in [0.25, 0.3) is 22.9 Å². The number of thiocarbonyl (C=S) groups is 1. The third-order valence-corrected chi connectivity index (χ3v) is 6.25. The first-order valence-electron chi connectivity index (χ1n) is 10.2. The maximum atomic E-state index is 13.7. The van der Waals surface area contributed by atoms with Gasteiger partial charge in [0.1, 0.15) is 16.6 Å². The molecule has 2 aromatic heterocycles. The Kier molecular flexibility index (Phi) is 6.14. The predicted molar refractivity (Wildman–Crippen MR) is 136 cm³/mol. The summed E-state index contributed by atoms with van der Waals surface area (Å²) < 4.78 is 3.14. The summed E-state index contributed by atoms with van der Waals surface area (Å²) >= 11 is 11.6. The first-order valence-corrected chi connectivity index (χ1v) is 11.0.